The van der Waals surface area contributed by atoms with Gasteiger partial charge in [0.1, 0.15) is 23.7 Å². The van der Waals surface area contributed by atoms with Crippen LogP contribution in [0.5, 0.6) is 5.75 Å². The van der Waals surface area contributed by atoms with E-state index in [9.17, 15) is 10.0 Å². The van der Waals surface area contributed by atoms with E-state index in [4.69, 9.17) is 20.8 Å². The van der Waals surface area contributed by atoms with Gasteiger partial charge in [-0.3, -0.25) is 0 Å². The fourth-order valence-electron chi connectivity index (χ4n) is 3.69. The molecule has 0 aliphatic heterocycles. The Labute approximate surface area is 190 Å². The number of fused-ring (bicyclic) bond motifs is 1. The summed E-state index contributed by atoms with van der Waals surface area (Å²) in [4.78, 5) is 12.8. The van der Waals surface area contributed by atoms with Crippen LogP contribution in [0.2, 0.25) is 5.02 Å². The molecule has 0 bridgehead atoms. The smallest absolute Gasteiger partial charge is 0.340 e. The van der Waals surface area contributed by atoms with E-state index in [1.54, 1.807) is 24.3 Å². The fourth-order valence-corrected chi connectivity index (χ4v) is 3.82. The van der Waals surface area contributed by atoms with Crippen LogP contribution in [0, 0.1) is 13.8 Å². The van der Waals surface area contributed by atoms with Crippen molar-refractivity contribution >= 4 is 28.3 Å². The number of aryl methyl sites for hydroxylation is 2. The van der Waals surface area contributed by atoms with Gasteiger partial charge in [0.05, 0.1) is 0 Å². The molecule has 0 unspecified atom stereocenters. The first-order chi connectivity index (χ1) is 15.5. The Morgan fingerprint density at radius 2 is 1.72 bits per heavy atom. The second kappa shape index (κ2) is 9.28. The molecule has 1 N–H and O–H groups in total. The van der Waals surface area contributed by atoms with Gasteiger partial charge in [-0.25, -0.2) is 4.79 Å². The summed E-state index contributed by atoms with van der Waals surface area (Å²) in [6, 6.07) is 20.5. The summed E-state index contributed by atoms with van der Waals surface area (Å²) in [7, 11) is 0. The van der Waals surface area contributed by atoms with Crippen LogP contribution in [0.25, 0.3) is 11.0 Å². The van der Waals surface area contributed by atoms with Gasteiger partial charge in [-0.2, -0.15) is 0 Å². The quantitative estimate of drug-likeness (QED) is 0.172. The minimum absolute atomic E-state index is 0.0415. The Balaban J connectivity index is 1.63. The molecule has 1 heterocycles. The van der Waals surface area contributed by atoms with E-state index < -0.39 is 0 Å². The normalized spacial score (nSPS) is 11.7. The number of nitrogens with zero attached hydrogens (tertiary/aromatic N) is 1. The Kier molecular flexibility index (Phi) is 6.28. The number of hydrogen-bond donors (Lipinski definition) is 1. The molecule has 4 rings (SSSR count). The van der Waals surface area contributed by atoms with Crippen molar-refractivity contribution in [2.24, 2.45) is 5.16 Å². The molecular weight excluding hydrogens is 426 g/mol. The maximum absolute atomic E-state index is 12.8. The third-order valence-electron chi connectivity index (χ3n) is 5.54. The van der Waals surface area contributed by atoms with Crippen LogP contribution < -0.4 is 10.4 Å². The molecule has 6 heteroatoms. The van der Waals surface area contributed by atoms with Crippen molar-refractivity contribution in [3.05, 3.63) is 110 Å². The first-order valence-corrected chi connectivity index (χ1v) is 10.5. The fraction of sp³-hybridized carbons (Fsp3) is 0.154. The molecule has 4 aromatic rings. The predicted octanol–water partition coefficient (Wildman–Crippen LogP) is 5.91. The molecule has 0 atom stereocenters. The molecule has 0 amide bonds. The molecule has 5 nitrogen and oxygen atoms in total. The van der Waals surface area contributed by atoms with Gasteiger partial charge in [-0.05, 0) is 49.2 Å². The van der Waals surface area contributed by atoms with Gasteiger partial charge in [-0.1, -0.05) is 59.2 Å². The number of benzene rings is 3. The Morgan fingerprint density at radius 3 is 2.41 bits per heavy atom. The molecule has 0 aliphatic carbocycles. The van der Waals surface area contributed by atoms with Crippen molar-refractivity contribution in [1.82, 2.24) is 0 Å². The summed E-state index contributed by atoms with van der Waals surface area (Å²) < 4.78 is 11.6. The number of halogens is 1. The number of rotatable bonds is 6. The zero-order valence-electron chi connectivity index (χ0n) is 17.8. The lowest BCUT2D eigenvalue weighted by Crippen LogP contribution is -2.14. The van der Waals surface area contributed by atoms with Crippen molar-refractivity contribution in [2.45, 2.75) is 20.3 Å². The molecule has 3 aromatic carbocycles. The SMILES string of the molecule is Cc1c(Cc2ccccc2)c(=O)oc2c(C)c(OCC(=NO)c3ccc(Cl)cc3)ccc12. The highest BCUT2D eigenvalue weighted by Gasteiger charge is 2.16. The highest BCUT2D eigenvalue weighted by atomic mass is 35.5. The first kappa shape index (κ1) is 21.7. The number of oxime groups is 1. The summed E-state index contributed by atoms with van der Waals surface area (Å²) >= 11 is 5.92. The second-order valence-electron chi connectivity index (χ2n) is 7.56. The second-order valence-corrected chi connectivity index (χ2v) is 8.00. The van der Waals surface area contributed by atoms with Crippen molar-refractivity contribution in [3.8, 4) is 5.75 Å². The van der Waals surface area contributed by atoms with E-state index in [2.05, 4.69) is 5.16 Å². The van der Waals surface area contributed by atoms with Gasteiger partial charge in [0, 0.05) is 33.5 Å². The average molecular weight is 448 g/mol. The van der Waals surface area contributed by atoms with Gasteiger partial charge >= 0.3 is 5.63 Å². The van der Waals surface area contributed by atoms with Crippen LogP contribution in [-0.4, -0.2) is 17.5 Å². The van der Waals surface area contributed by atoms with Crippen molar-refractivity contribution in [2.75, 3.05) is 6.61 Å². The van der Waals surface area contributed by atoms with Crippen LogP contribution >= 0.6 is 11.6 Å². The van der Waals surface area contributed by atoms with Gasteiger partial charge < -0.3 is 14.4 Å². The highest BCUT2D eigenvalue weighted by Crippen LogP contribution is 2.30. The minimum atomic E-state index is -0.349. The monoisotopic (exact) mass is 447 g/mol. The van der Waals surface area contributed by atoms with Crippen LogP contribution in [0.1, 0.15) is 27.8 Å². The summed E-state index contributed by atoms with van der Waals surface area (Å²) in [5.74, 6) is 0.547. The lowest BCUT2D eigenvalue weighted by atomic mass is 9.98. The molecule has 0 radical (unpaired) electrons. The van der Waals surface area contributed by atoms with Crippen LogP contribution in [0.15, 0.2) is 81.1 Å². The average Bonchev–Trinajstić information content (AvgIpc) is 2.80. The van der Waals surface area contributed by atoms with Crippen molar-refractivity contribution < 1.29 is 14.4 Å². The van der Waals surface area contributed by atoms with E-state index in [1.807, 2.05) is 56.3 Å². The highest BCUT2D eigenvalue weighted by molar-refractivity contribution is 6.30. The van der Waals surface area contributed by atoms with Crippen LogP contribution in [-0.2, 0) is 6.42 Å². The Bertz CT molecular complexity index is 1340. The van der Waals surface area contributed by atoms with Gasteiger partial charge in [0.15, 0.2) is 0 Å². The molecular formula is C26H22ClNO4. The molecule has 0 fully saturated rings. The Hall–Kier alpha value is -3.57. The molecule has 162 valence electrons. The maximum atomic E-state index is 12.8. The van der Waals surface area contributed by atoms with Gasteiger partial charge in [0.2, 0.25) is 0 Å². The standard InChI is InChI=1S/C26H22ClNO4/c1-16-21-12-13-24(31-15-23(28-30)19-8-10-20(27)11-9-19)17(2)25(21)32-26(29)22(16)14-18-6-4-3-5-7-18/h3-13,30H,14-15H2,1-2H3. The number of ether oxygens (including phenoxy) is 1. The van der Waals surface area contributed by atoms with Crippen molar-refractivity contribution in [3.63, 3.8) is 0 Å². The molecule has 32 heavy (non-hydrogen) atoms. The largest absolute Gasteiger partial charge is 0.487 e. The van der Waals surface area contributed by atoms with E-state index in [1.165, 1.54) is 0 Å². The van der Waals surface area contributed by atoms with E-state index >= 15 is 0 Å². The number of hydrogen-bond acceptors (Lipinski definition) is 5. The molecule has 0 saturated carbocycles. The summed E-state index contributed by atoms with van der Waals surface area (Å²) in [6.45, 7) is 3.82. The summed E-state index contributed by atoms with van der Waals surface area (Å²) in [5.41, 5.74) is 4.51. The van der Waals surface area contributed by atoms with Crippen LogP contribution in [0.3, 0.4) is 0 Å². The first-order valence-electron chi connectivity index (χ1n) is 10.2. The van der Waals surface area contributed by atoms with E-state index in [0.717, 1.165) is 16.5 Å². The third-order valence-corrected chi connectivity index (χ3v) is 5.79. The van der Waals surface area contributed by atoms with Gasteiger partial charge in [0.25, 0.3) is 0 Å². The molecule has 1 aromatic heterocycles. The van der Waals surface area contributed by atoms with Crippen LogP contribution in [0.4, 0.5) is 0 Å². The van der Waals surface area contributed by atoms with Crippen molar-refractivity contribution in [1.29, 1.82) is 0 Å². The predicted molar refractivity (Wildman–Crippen MR) is 126 cm³/mol. The Morgan fingerprint density at radius 1 is 1.00 bits per heavy atom. The zero-order valence-corrected chi connectivity index (χ0v) is 18.5. The lowest BCUT2D eigenvalue weighted by molar-refractivity contribution is 0.308. The molecule has 0 spiro atoms. The summed E-state index contributed by atoms with van der Waals surface area (Å²) in [6.07, 6.45) is 0.514. The minimum Gasteiger partial charge on any atom is -0.487 e. The summed E-state index contributed by atoms with van der Waals surface area (Å²) in [5, 5.41) is 14.2. The maximum Gasteiger partial charge on any atom is 0.340 e. The molecule has 0 aliphatic rings. The van der Waals surface area contributed by atoms with E-state index in [-0.39, 0.29) is 12.2 Å². The molecule has 0 saturated heterocycles. The topological polar surface area (TPSA) is 72.0 Å². The zero-order chi connectivity index (χ0) is 22.7. The lowest BCUT2D eigenvalue weighted by Gasteiger charge is -2.14. The third kappa shape index (κ3) is 4.39. The van der Waals surface area contributed by atoms with Gasteiger partial charge in [-0.15, -0.1) is 0 Å². The van der Waals surface area contributed by atoms with E-state index in [0.29, 0.717) is 45.2 Å².